The SMILES string of the molecule is CN[C@@H](CN=O)C(=O)N[C@@H](CCC(=O)O)C(=O)N[C@H](C(=O)N[C@@H](CO)C(=O)N[C@@H](CCCCN)C(=O)N(C)[C@@H](CO)C(=O)N[C@@H](Cc1ccccc1)C(=O)O)C(C)O. The van der Waals surface area contributed by atoms with Crippen molar-refractivity contribution in [3.05, 3.63) is 40.8 Å². The van der Waals surface area contributed by atoms with E-state index < -0.39 is 128 Å². The van der Waals surface area contributed by atoms with Gasteiger partial charge in [-0.25, -0.2) is 4.79 Å². The van der Waals surface area contributed by atoms with Gasteiger partial charge in [-0.15, -0.1) is 0 Å². The Kier molecular flexibility index (Phi) is 22.9. The lowest BCUT2D eigenvalue weighted by molar-refractivity contribution is -0.146. The van der Waals surface area contributed by atoms with E-state index in [2.05, 4.69) is 37.1 Å². The number of carbonyl (C=O) groups excluding carboxylic acids is 6. The van der Waals surface area contributed by atoms with Crippen LogP contribution in [0.1, 0.15) is 44.6 Å². The molecule has 13 N–H and O–H groups in total. The minimum Gasteiger partial charge on any atom is -0.481 e. The van der Waals surface area contributed by atoms with Crippen molar-refractivity contribution in [3.8, 4) is 0 Å². The molecule has 324 valence electrons. The van der Waals surface area contributed by atoms with E-state index in [0.717, 1.165) is 18.9 Å². The topological polar surface area (TPSA) is 369 Å². The van der Waals surface area contributed by atoms with Crippen LogP contribution in [0.2, 0.25) is 0 Å². The Morgan fingerprint density at radius 2 is 1.31 bits per heavy atom. The van der Waals surface area contributed by atoms with E-state index in [1.54, 1.807) is 30.3 Å². The predicted octanol–water partition coefficient (Wildman–Crippen LogP) is -4.72. The van der Waals surface area contributed by atoms with Crippen LogP contribution in [0.15, 0.2) is 35.5 Å². The lowest BCUT2D eigenvalue weighted by atomic mass is 10.0. The molecule has 0 fully saturated rings. The highest BCUT2D eigenvalue weighted by Gasteiger charge is 2.36. The van der Waals surface area contributed by atoms with Crippen molar-refractivity contribution in [2.45, 2.75) is 93.8 Å². The molecule has 0 heterocycles. The number of amides is 6. The number of hydrogen-bond donors (Lipinski definition) is 12. The summed E-state index contributed by atoms with van der Waals surface area (Å²) in [6, 6.07) is -2.51. The van der Waals surface area contributed by atoms with E-state index in [1.165, 1.54) is 7.05 Å². The maximum atomic E-state index is 13.7. The summed E-state index contributed by atoms with van der Waals surface area (Å²) in [5, 5.41) is 65.9. The number of unbranched alkanes of at least 4 members (excludes halogenated alkanes) is 1. The van der Waals surface area contributed by atoms with Gasteiger partial charge in [-0.3, -0.25) is 33.6 Å². The van der Waals surface area contributed by atoms with E-state index in [-0.39, 0.29) is 25.8 Å². The molecule has 8 atom stereocenters. The van der Waals surface area contributed by atoms with Crippen LogP contribution in [0.5, 0.6) is 0 Å². The fourth-order valence-electron chi connectivity index (χ4n) is 5.42. The average Bonchev–Trinajstić information content (AvgIpc) is 3.18. The number of aliphatic carboxylic acids is 2. The molecule has 58 heavy (non-hydrogen) atoms. The van der Waals surface area contributed by atoms with Crippen LogP contribution < -0.4 is 37.6 Å². The molecule has 0 aromatic heterocycles. The maximum Gasteiger partial charge on any atom is 0.326 e. The number of hydrogen-bond acceptors (Lipinski definition) is 15. The molecule has 0 saturated heterocycles. The molecule has 0 saturated carbocycles. The van der Waals surface area contributed by atoms with Crippen LogP contribution in [0, 0.1) is 4.91 Å². The van der Waals surface area contributed by atoms with Crippen LogP contribution in [0.3, 0.4) is 0 Å². The van der Waals surface area contributed by atoms with Crippen molar-refractivity contribution in [2.24, 2.45) is 10.9 Å². The van der Waals surface area contributed by atoms with E-state index in [4.69, 9.17) is 10.8 Å². The molecule has 0 radical (unpaired) electrons. The number of carboxylic acid groups (broad SMARTS) is 2. The van der Waals surface area contributed by atoms with Crippen LogP contribution in [-0.2, 0) is 44.8 Å². The number of nitroso groups, excluding NO2 is 1. The van der Waals surface area contributed by atoms with Crippen molar-refractivity contribution in [3.63, 3.8) is 0 Å². The van der Waals surface area contributed by atoms with Crippen LogP contribution in [0.25, 0.3) is 0 Å². The highest BCUT2D eigenvalue weighted by molar-refractivity contribution is 5.97. The zero-order valence-corrected chi connectivity index (χ0v) is 32.5. The third kappa shape index (κ3) is 16.9. The van der Waals surface area contributed by atoms with Crippen molar-refractivity contribution in [1.29, 1.82) is 0 Å². The standard InChI is InChI=1S/C35H55N9O14/c1-19(47)28(43-29(50)21(12-13-27(48)49)39-30(51)24(37-2)16-38-58)33(54)42-25(17-45)31(52)40-22(11-7-8-14-36)34(55)44(3)26(18-46)32(53)41-23(35(56)57)15-20-9-5-4-6-10-20/h4-6,9-10,19,21-26,28,37,45-47H,7-8,11-18,36H2,1-3H3,(H,39,51)(H,40,52)(H,41,53)(H,42,54)(H,43,50)(H,48,49)(H,56,57)/t19?,21-,22-,23-,24-,25-,26-,28-/m0/s1. The normalized spacial score (nSPS) is 15.1. The molecule has 0 spiro atoms. The Balaban J connectivity index is 3.21. The Labute approximate surface area is 333 Å². The number of carboxylic acids is 2. The lowest BCUT2D eigenvalue weighted by Crippen LogP contribution is -2.62. The monoisotopic (exact) mass is 825 g/mol. The van der Waals surface area contributed by atoms with Gasteiger partial charge < -0.3 is 68.1 Å². The minimum atomic E-state index is -1.84. The zero-order valence-electron chi connectivity index (χ0n) is 32.5. The van der Waals surface area contributed by atoms with Gasteiger partial charge in [-0.2, -0.15) is 4.91 Å². The first-order valence-electron chi connectivity index (χ1n) is 18.3. The van der Waals surface area contributed by atoms with Crippen LogP contribution in [0.4, 0.5) is 0 Å². The van der Waals surface area contributed by atoms with Crippen molar-refractivity contribution in [1.82, 2.24) is 36.8 Å². The zero-order chi connectivity index (χ0) is 43.9. The number of benzene rings is 1. The average molecular weight is 826 g/mol. The Hall–Kier alpha value is -5.62. The summed E-state index contributed by atoms with van der Waals surface area (Å²) in [5.41, 5.74) is 6.18. The van der Waals surface area contributed by atoms with Crippen LogP contribution in [-0.4, -0.2) is 167 Å². The number of rotatable bonds is 28. The number of nitrogens with two attached hydrogens (primary N) is 1. The molecule has 0 aliphatic carbocycles. The molecular formula is C35H55N9O14. The van der Waals surface area contributed by atoms with Gasteiger partial charge in [0, 0.05) is 19.9 Å². The van der Waals surface area contributed by atoms with Gasteiger partial charge in [0.2, 0.25) is 35.4 Å². The van der Waals surface area contributed by atoms with Gasteiger partial charge in [0.15, 0.2) is 0 Å². The largest absolute Gasteiger partial charge is 0.481 e. The lowest BCUT2D eigenvalue weighted by Gasteiger charge is -2.31. The van der Waals surface area contributed by atoms with Gasteiger partial charge in [0.05, 0.1) is 19.3 Å². The van der Waals surface area contributed by atoms with Crippen LogP contribution >= 0.6 is 0 Å². The van der Waals surface area contributed by atoms with E-state index in [1.807, 2.05) is 0 Å². The Morgan fingerprint density at radius 3 is 1.83 bits per heavy atom. The Morgan fingerprint density at radius 1 is 0.741 bits per heavy atom. The number of likely N-dealkylation sites (N-methyl/N-ethyl adjacent to an activating group) is 2. The predicted molar refractivity (Wildman–Crippen MR) is 203 cm³/mol. The molecule has 0 aliphatic rings. The molecule has 23 heteroatoms. The molecule has 1 aromatic rings. The molecule has 6 amide bonds. The van der Waals surface area contributed by atoms with Crippen molar-refractivity contribution < 1.29 is 63.9 Å². The summed E-state index contributed by atoms with van der Waals surface area (Å²) in [6.45, 7) is -1.24. The first-order chi connectivity index (χ1) is 27.4. The summed E-state index contributed by atoms with van der Waals surface area (Å²) < 4.78 is 0. The summed E-state index contributed by atoms with van der Waals surface area (Å²) in [6.07, 6.45) is -2.29. The molecule has 0 bridgehead atoms. The fourth-order valence-corrected chi connectivity index (χ4v) is 5.42. The number of aliphatic hydroxyl groups excluding tert-OH is 3. The van der Waals surface area contributed by atoms with E-state index in [9.17, 15) is 63.7 Å². The molecular weight excluding hydrogens is 770 g/mol. The van der Waals surface area contributed by atoms with E-state index in [0.29, 0.717) is 12.0 Å². The fraction of sp³-hybridized carbons (Fsp3) is 0.600. The highest BCUT2D eigenvalue weighted by atomic mass is 16.4. The third-order valence-electron chi connectivity index (χ3n) is 8.83. The molecule has 23 nitrogen and oxygen atoms in total. The van der Waals surface area contributed by atoms with Crippen molar-refractivity contribution >= 4 is 47.4 Å². The molecule has 1 aromatic carbocycles. The summed E-state index contributed by atoms with van der Waals surface area (Å²) in [4.78, 5) is 114. The number of nitrogens with one attached hydrogen (secondary N) is 6. The maximum absolute atomic E-state index is 13.7. The quantitative estimate of drug-likeness (QED) is 0.0279. The van der Waals surface area contributed by atoms with Gasteiger partial charge in [-0.05, 0) is 51.8 Å². The third-order valence-corrected chi connectivity index (χ3v) is 8.83. The minimum absolute atomic E-state index is 0.0726. The van der Waals surface area contributed by atoms with Gasteiger partial charge in [0.1, 0.15) is 48.8 Å². The first-order valence-corrected chi connectivity index (χ1v) is 18.3. The summed E-state index contributed by atoms with van der Waals surface area (Å²) >= 11 is 0. The number of carbonyl (C=O) groups is 8. The summed E-state index contributed by atoms with van der Waals surface area (Å²) in [7, 11) is 2.47. The van der Waals surface area contributed by atoms with Gasteiger partial charge in [0.25, 0.3) is 0 Å². The molecule has 1 rings (SSSR count). The smallest absolute Gasteiger partial charge is 0.326 e. The molecule has 0 aliphatic heterocycles. The number of nitrogens with zero attached hydrogens (tertiary/aromatic N) is 2. The van der Waals surface area contributed by atoms with Crippen molar-refractivity contribution in [2.75, 3.05) is 40.4 Å². The van der Waals surface area contributed by atoms with Gasteiger partial charge in [-0.1, -0.05) is 35.5 Å². The first kappa shape index (κ1) is 50.4. The van der Waals surface area contributed by atoms with E-state index >= 15 is 0 Å². The number of aliphatic hydroxyl groups is 3. The molecule has 1 unspecified atom stereocenters. The highest BCUT2D eigenvalue weighted by Crippen LogP contribution is 2.10. The Bertz CT molecular complexity index is 1550. The summed E-state index contributed by atoms with van der Waals surface area (Å²) in [5.74, 6) is -9.00. The van der Waals surface area contributed by atoms with Gasteiger partial charge >= 0.3 is 11.9 Å². The second kappa shape index (κ2) is 26.3. The second-order valence-electron chi connectivity index (χ2n) is 13.2. The second-order valence-corrected chi connectivity index (χ2v) is 13.2.